The molecule has 1 unspecified atom stereocenters. The number of carbonyl (C=O) groups is 1. The number of likely N-dealkylation sites (tertiary alicyclic amines) is 1. The quantitative estimate of drug-likeness (QED) is 0.303. The van der Waals surface area contributed by atoms with E-state index in [1.54, 1.807) is 7.05 Å². The third-order valence-corrected chi connectivity index (χ3v) is 6.05. The van der Waals surface area contributed by atoms with Crippen molar-refractivity contribution in [1.29, 1.82) is 0 Å². The maximum absolute atomic E-state index is 12.4. The Morgan fingerprint density at radius 3 is 2.78 bits per heavy atom. The lowest BCUT2D eigenvalue weighted by atomic mass is 10.1. The predicted molar refractivity (Wildman–Crippen MR) is 139 cm³/mol. The first-order chi connectivity index (χ1) is 15.2. The summed E-state index contributed by atoms with van der Waals surface area (Å²) >= 11 is 0. The van der Waals surface area contributed by atoms with Gasteiger partial charge in [0.05, 0.1) is 6.61 Å². The van der Waals surface area contributed by atoms with Gasteiger partial charge in [-0.25, -0.2) is 0 Å². The number of benzene rings is 2. The molecule has 1 amide bonds. The summed E-state index contributed by atoms with van der Waals surface area (Å²) in [5, 5.41) is 6.78. The number of nitrogens with one attached hydrogen (secondary N) is 2. The molecule has 0 bridgehead atoms. The van der Waals surface area contributed by atoms with Crippen molar-refractivity contribution in [2.24, 2.45) is 10.9 Å². The molecule has 1 saturated heterocycles. The first-order valence-electron chi connectivity index (χ1n) is 11.2. The standard InChI is InChI=1S/C25H32N4O2.HI/c1-26-25(27-12-9-20-7-8-23-22(15-20)11-14-31-23)28-17-21-16-24(30)29(18-21)13-10-19-5-3-2-4-6-19;/h2-8,15,21H,9-14,16-18H2,1H3,(H2,26,27,28);1H. The minimum Gasteiger partial charge on any atom is -0.493 e. The molecule has 2 aromatic rings. The maximum atomic E-state index is 12.4. The molecule has 0 aliphatic carbocycles. The molecule has 2 N–H and O–H groups in total. The SMILES string of the molecule is CN=C(NCCc1ccc2c(c1)CCO2)NCC1CC(=O)N(CCc2ccccc2)C1.I. The zero-order chi connectivity index (χ0) is 21.5. The Morgan fingerprint density at radius 1 is 1.12 bits per heavy atom. The average molecular weight is 548 g/mol. The highest BCUT2D eigenvalue weighted by Crippen LogP contribution is 2.25. The van der Waals surface area contributed by atoms with Crippen LogP contribution in [0.3, 0.4) is 0 Å². The summed E-state index contributed by atoms with van der Waals surface area (Å²) in [6, 6.07) is 16.8. The lowest BCUT2D eigenvalue weighted by molar-refractivity contribution is -0.127. The molecule has 0 saturated carbocycles. The first-order valence-corrected chi connectivity index (χ1v) is 11.2. The molecule has 0 spiro atoms. The highest BCUT2D eigenvalue weighted by Gasteiger charge is 2.29. The van der Waals surface area contributed by atoms with E-state index in [0.717, 1.165) is 63.8 Å². The van der Waals surface area contributed by atoms with Crippen molar-refractivity contribution in [2.75, 3.05) is 39.8 Å². The number of hydrogen-bond acceptors (Lipinski definition) is 3. The lowest BCUT2D eigenvalue weighted by Gasteiger charge is -2.18. The van der Waals surface area contributed by atoms with E-state index < -0.39 is 0 Å². The van der Waals surface area contributed by atoms with Gasteiger partial charge in [-0.15, -0.1) is 24.0 Å². The van der Waals surface area contributed by atoms with Crippen molar-refractivity contribution in [3.05, 3.63) is 65.2 Å². The third kappa shape index (κ3) is 6.60. The number of halogens is 1. The van der Waals surface area contributed by atoms with Crippen LogP contribution in [0.5, 0.6) is 5.75 Å². The summed E-state index contributed by atoms with van der Waals surface area (Å²) in [6.45, 7) is 3.96. The highest BCUT2D eigenvalue weighted by atomic mass is 127. The molecule has 6 nitrogen and oxygen atoms in total. The van der Waals surface area contributed by atoms with Crippen LogP contribution >= 0.6 is 24.0 Å². The second-order valence-electron chi connectivity index (χ2n) is 8.32. The van der Waals surface area contributed by atoms with Gasteiger partial charge < -0.3 is 20.3 Å². The number of fused-ring (bicyclic) bond motifs is 1. The Kier molecular flexibility index (Phi) is 9.20. The summed E-state index contributed by atoms with van der Waals surface area (Å²) in [5.74, 6) is 2.39. The number of ether oxygens (including phenoxy) is 1. The minimum atomic E-state index is 0. The highest BCUT2D eigenvalue weighted by molar-refractivity contribution is 14.0. The zero-order valence-electron chi connectivity index (χ0n) is 18.7. The molecule has 2 heterocycles. The van der Waals surface area contributed by atoms with E-state index in [0.29, 0.717) is 12.3 Å². The summed E-state index contributed by atoms with van der Waals surface area (Å²) in [7, 11) is 1.79. The topological polar surface area (TPSA) is 66.0 Å². The van der Waals surface area contributed by atoms with E-state index >= 15 is 0 Å². The fourth-order valence-corrected chi connectivity index (χ4v) is 4.30. The van der Waals surface area contributed by atoms with Crippen LogP contribution < -0.4 is 15.4 Å². The van der Waals surface area contributed by atoms with Crippen molar-refractivity contribution in [2.45, 2.75) is 25.7 Å². The molecule has 1 atom stereocenters. The third-order valence-electron chi connectivity index (χ3n) is 6.05. The fraction of sp³-hybridized carbons (Fsp3) is 0.440. The van der Waals surface area contributed by atoms with Gasteiger partial charge in [0, 0.05) is 52.0 Å². The Balaban J connectivity index is 0.00000289. The second-order valence-corrected chi connectivity index (χ2v) is 8.32. The van der Waals surface area contributed by atoms with Crippen LogP contribution in [0, 0.1) is 5.92 Å². The van der Waals surface area contributed by atoms with Crippen molar-refractivity contribution >= 4 is 35.8 Å². The number of guanidine groups is 1. The monoisotopic (exact) mass is 548 g/mol. The molecule has 0 aromatic heterocycles. The molecular weight excluding hydrogens is 515 g/mol. The molecule has 1 fully saturated rings. The number of aliphatic imine (C=N–C) groups is 1. The molecule has 2 aromatic carbocycles. The molecular formula is C25H33IN4O2. The molecule has 7 heteroatoms. The number of amides is 1. The Hall–Kier alpha value is -2.29. The van der Waals surface area contributed by atoms with Crippen LogP contribution in [-0.2, 0) is 24.1 Å². The summed E-state index contributed by atoms with van der Waals surface area (Å²) < 4.78 is 5.57. The lowest BCUT2D eigenvalue weighted by Crippen LogP contribution is -2.41. The van der Waals surface area contributed by atoms with E-state index in [1.165, 1.54) is 16.7 Å². The van der Waals surface area contributed by atoms with Gasteiger partial charge in [0.15, 0.2) is 5.96 Å². The van der Waals surface area contributed by atoms with Gasteiger partial charge in [-0.3, -0.25) is 9.79 Å². The minimum absolute atomic E-state index is 0. The van der Waals surface area contributed by atoms with Gasteiger partial charge in [-0.1, -0.05) is 42.5 Å². The van der Waals surface area contributed by atoms with Crippen LogP contribution in [0.1, 0.15) is 23.1 Å². The Labute approximate surface area is 207 Å². The fourth-order valence-electron chi connectivity index (χ4n) is 4.30. The number of carbonyl (C=O) groups excluding carboxylic acids is 1. The van der Waals surface area contributed by atoms with E-state index in [4.69, 9.17) is 4.74 Å². The van der Waals surface area contributed by atoms with Gasteiger partial charge in [-0.2, -0.15) is 0 Å². The Morgan fingerprint density at radius 2 is 1.97 bits per heavy atom. The van der Waals surface area contributed by atoms with Crippen LogP contribution in [0.25, 0.3) is 0 Å². The van der Waals surface area contributed by atoms with Crippen LogP contribution in [-0.4, -0.2) is 56.6 Å². The van der Waals surface area contributed by atoms with Crippen molar-refractivity contribution in [3.8, 4) is 5.75 Å². The van der Waals surface area contributed by atoms with Crippen LogP contribution in [0.2, 0.25) is 0 Å². The van der Waals surface area contributed by atoms with E-state index in [-0.39, 0.29) is 29.9 Å². The van der Waals surface area contributed by atoms with Gasteiger partial charge >= 0.3 is 0 Å². The van der Waals surface area contributed by atoms with Gasteiger partial charge in [0.2, 0.25) is 5.91 Å². The zero-order valence-corrected chi connectivity index (χ0v) is 21.0. The van der Waals surface area contributed by atoms with Gasteiger partial charge in [0.25, 0.3) is 0 Å². The molecule has 2 aliphatic rings. The van der Waals surface area contributed by atoms with E-state index in [1.807, 2.05) is 23.1 Å². The van der Waals surface area contributed by atoms with E-state index in [9.17, 15) is 4.79 Å². The smallest absolute Gasteiger partial charge is 0.223 e. The van der Waals surface area contributed by atoms with Crippen LogP contribution in [0.15, 0.2) is 53.5 Å². The normalized spacial score (nSPS) is 17.5. The van der Waals surface area contributed by atoms with Crippen LogP contribution in [0.4, 0.5) is 0 Å². The molecule has 2 aliphatic heterocycles. The molecule has 0 radical (unpaired) electrons. The summed E-state index contributed by atoms with van der Waals surface area (Å²) in [6.07, 6.45) is 3.45. The van der Waals surface area contributed by atoms with Crippen molar-refractivity contribution < 1.29 is 9.53 Å². The van der Waals surface area contributed by atoms with Gasteiger partial charge in [-0.05, 0) is 35.6 Å². The largest absolute Gasteiger partial charge is 0.493 e. The Bertz CT molecular complexity index is 919. The number of hydrogen-bond donors (Lipinski definition) is 2. The van der Waals surface area contributed by atoms with Crippen molar-refractivity contribution in [3.63, 3.8) is 0 Å². The summed E-state index contributed by atoms with van der Waals surface area (Å²) in [4.78, 5) is 18.7. The van der Waals surface area contributed by atoms with Crippen molar-refractivity contribution in [1.82, 2.24) is 15.5 Å². The molecule has 32 heavy (non-hydrogen) atoms. The maximum Gasteiger partial charge on any atom is 0.223 e. The number of nitrogens with zero attached hydrogens (tertiary/aromatic N) is 2. The molecule has 4 rings (SSSR count). The second kappa shape index (κ2) is 12.1. The predicted octanol–water partition coefficient (Wildman–Crippen LogP) is 3.04. The first kappa shape index (κ1) is 24.4. The van der Waals surface area contributed by atoms with E-state index in [2.05, 4.69) is 46.0 Å². The number of rotatable bonds is 8. The molecule has 172 valence electrons. The average Bonchev–Trinajstić information content (AvgIpc) is 3.41. The van der Waals surface area contributed by atoms with Gasteiger partial charge in [0.1, 0.15) is 5.75 Å². The summed E-state index contributed by atoms with van der Waals surface area (Å²) in [5.41, 5.74) is 3.89.